The van der Waals surface area contributed by atoms with Gasteiger partial charge in [-0.05, 0) is 12.1 Å². The molecule has 0 aliphatic heterocycles. The molecule has 94 valence electrons. The fraction of sp³-hybridized carbons (Fsp3) is 0.0909. The van der Waals surface area contributed by atoms with Gasteiger partial charge in [0.25, 0.3) is 0 Å². The summed E-state index contributed by atoms with van der Waals surface area (Å²) in [7, 11) is 0. The Morgan fingerprint density at radius 3 is 2.61 bits per heavy atom. The summed E-state index contributed by atoms with van der Waals surface area (Å²) in [4.78, 5) is 15.8. The van der Waals surface area contributed by atoms with Crippen molar-refractivity contribution >= 4 is 51.3 Å². The number of para-hydroxylation sites is 1. The number of nitrogen functional groups attached to an aromatic ring is 1. The van der Waals surface area contributed by atoms with Crippen molar-refractivity contribution < 1.29 is 4.79 Å². The van der Waals surface area contributed by atoms with Gasteiger partial charge in [0.05, 0.1) is 27.8 Å². The van der Waals surface area contributed by atoms with Crippen LogP contribution >= 0.6 is 34.5 Å². The number of benzene rings is 1. The van der Waals surface area contributed by atoms with Gasteiger partial charge in [0.15, 0.2) is 5.13 Å². The number of thiazole rings is 1. The monoisotopic (exact) mass is 301 g/mol. The van der Waals surface area contributed by atoms with E-state index in [1.165, 1.54) is 11.3 Å². The molecular formula is C11H9Cl2N3OS. The number of rotatable bonds is 3. The number of amides is 1. The number of nitrogens with two attached hydrogens (primary N) is 1. The molecular weight excluding hydrogens is 293 g/mol. The Morgan fingerprint density at radius 2 is 2.06 bits per heavy atom. The highest BCUT2D eigenvalue weighted by molar-refractivity contribution is 7.13. The van der Waals surface area contributed by atoms with E-state index in [-0.39, 0.29) is 12.3 Å². The summed E-state index contributed by atoms with van der Waals surface area (Å²) >= 11 is 13.2. The van der Waals surface area contributed by atoms with Gasteiger partial charge in [0.1, 0.15) is 0 Å². The summed E-state index contributed by atoms with van der Waals surface area (Å²) in [5.41, 5.74) is 6.52. The topological polar surface area (TPSA) is 68.0 Å². The Balaban J connectivity index is 2.08. The minimum absolute atomic E-state index is 0.134. The highest BCUT2D eigenvalue weighted by Crippen LogP contribution is 2.29. The molecule has 1 heterocycles. The first-order chi connectivity index (χ1) is 8.56. The smallest absolute Gasteiger partial charge is 0.230 e. The van der Waals surface area contributed by atoms with Crippen LogP contribution in [-0.4, -0.2) is 10.9 Å². The van der Waals surface area contributed by atoms with E-state index >= 15 is 0 Å². The van der Waals surface area contributed by atoms with Gasteiger partial charge in [0, 0.05) is 5.38 Å². The van der Waals surface area contributed by atoms with E-state index in [1.807, 2.05) is 0 Å². The summed E-state index contributed by atoms with van der Waals surface area (Å²) < 4.78 is 0. The lowest BCUT2D eigenvalue weighted by molar-refractivity contribution is -0.115. The van der Waals surface area contributed by atoms with Gasteiger partial charge in [-0.1, -0.05) is 29.3 Å². The molecule has 18 heavy (non-hydrogen) atoms. The summed E-state index contributed by atoms with van der Waals surface area (Å²) in [6, 6.07) is 5.02. The predicted molar refractivity (Wildman–Crippen MR) is 75.3 cm³/mol. The van der Waals surface area contributed by atoms with Crippen LogP contribution in [0.25, 0.3) is 0 Å². The summed E-state index contributed by atoms with van der Waals surface area (Å²) in [6.07, 6.45) is 0.134. The molecule has 0 bridgehead atoms. The molecule has 0 radical (unpaired) electrons. The lowest BCUT2D eigenvalue weighted by atomic mass is 10.3. The molecule has 1 amide bonds. The van der Waals surface area contributed by atoms with Gasteiger partial charge in [-0.2, -0.15) is 0 Å². The SMILES string of the molecule is Nc1nc(CC(=O)Nc2c(Cl)cccc2Cl)cs1. The van der Waals surface area contributed by atoms with Crippen LogP contribution in [0.15, 0.2) is 23.6 Å². The molecule has 0 aliphatic rings. The first-order valence-corrected chi connectivity index (χ1v) is 6.63. The predicted octanol–water partition coefficient (Wildman–Crippen LogP) is 3.21. The minimum atomic E-state index is -0.240. The van der Waals surface area contributed by atoms with E-state index in [4.69, 9.17) is 28.9 Å². The van der Waals surface area contributed by atoms with Crippen LogP contribution in [0.4, 0.5) is 10.8 Å². The lowest BCUT2D eigenvalue weighted by Crippen LogP contribution is -2.15. The molecule has 1 aromatic carbocycles. The number of carbonyl (C=O) groups is 1. The van der Waals surface area contributed by atoms with Gasteiger partial charge in [-0.3, -0.25) is 4.79 Å². The molecule has 0 atom stereocenters. The summed E-state index contributed by atoms with van der Waals surface area (Å²) in [6.45, 7) is 0. The van der Waals surface area contributed by atoms with Crippen molar-refractivity contribution in [2.75, 3.05) is 11.1 Å². The molecule has 3 N–H and O–H groups in total. The van der Waals surface area contributed by atoms with E-state index in [0.717, 1.165) is 0 Å². The minimum Gasteiger partial charge on any atom is -0.375 e. The molecule has 2 aromatic rings. The molecule has 7 heteroatoms. The Hall–Kier alpha value is -1.30. The van der Waals surface area contributed by atoms with E-state index in [2.05, 4.69) is 10.3 Å². The molecule has 0 saturated heterocycles. The van der Waals surface area contributed by atoms with Crippen molar-refractivity contribution in [2.45, 2.75) is 6.42 Å². The third kappa shape index (κ3) is 3.13. The Morgan fingerprint density at radius 1 is 1.39 bits per heavy atom. The van der Waals surface area contributed by atoms with E-state index < -0.39 is 0 Å². The molecule has 0 fully saturated rings. The van der Waals surface area contributed by atoms with E-state index in [0.29, 0.717) is 26.6 Å². The van der Waals surface area contributed by atoms with Gasteiger partial charge in [0.2, 0.25) is 5.91 Å². The largest absolute Gasteiger partial charge is 0.375 e. The number of nitrogens with zero attached hydrogens (tertiary/aromatic N) is 1. The van der Waals surface area contributed by atoms with Crippen molar-refractivity contribution in [3.8, 4) is 0 Å². The van der Waals surface area contributed by atoms with Crippen molar-refractivity contribution in [1.29, 1.82) is 0 Å². The standard InChI is InChI=1S/C11H9Cl2N3OS/c12-7-2-1-3-8(13)10(7)16-9(17)4-6-5-18-11(14)15-6/h1-3,5H,4H2,(H2,14,15)(H,16,17). The number of hydrogen-bond acceptors (Lipinski definition) is 4. The quantitative estimate of drug-likeness (QED) is 0.914. The maximum Gasteiger partial charge on any atom is 0.230 e. The second kappa shape index (κ2) is 5.56. The molecule has 2 rings (SSSR count). The average molecular weight is 302 g/mol. The average Bonchev–Trinajstić information content (AvgIpc) is 2.69. The number of nitrogens with one attached hydrogen (secondary N) is 1. The maximum atomic E-state index is 11.8. The first-order valence-electron chi connectivity index (χ1n) is 5.00. The van der Waals surface area contributed by atoms with Crippen LogP contribution in [0.5, 0.6) is 0 Å². The zero-order chi connectivity index (χ0) is 13.1. The maximum absolute atomic E-state index is 11.8. The van der Waals surface area contributed by atoms with Crippen molar-refractivity contribution in [3.63, 3.8) is 0 Å². The van der Waals surface area contributed by atoms with E-state index in [1.54, 1.807) is 23.6 Å². The fourth-order valence-corrected chi connectivity index (χ4v) is 2.42. The second-order valence-corrected chi connectivity index (χ2v) is 5.20. The van der Waals surface area contributed by atoms with Crippen LogP contribution in [0, 0.1) is 0 Å². The van der Waals surface area contributed by atoms with Crippen LogP contribution in [0.2, 0.25) is 10.0 Å². The molecule has 0 aliphatic carbocycles. The third-order valence-electron chi connectivity index (χ3n) is 2.14. The lowest BCUT2D eigenvalue weighted by Gasteiger charge is -2.08. The zero-order valence-electron chi connectivity index (χ0n) is 9.11. The van der Waals surface area contributed by atoms with Crippen LogP contribution < -0.4 is 11.1 Å². The third-order valence-corrected chi connectivity index (χ3v) is 3.49. The summed E-state index contributed by atoms with van der Waals surface area (Å²) in [5.74, 6) is -0.240. The van der Waals surface area contributed by atoms with Gasteiger partial charge in [-0.25, -0.2) is 4.98 Å². The number of aromatic nitrogens is 1. The highest BCUT2D eigenvalue weighted by Gasteiger charge is 2.11. The summed E-state index contributed by atoms with van der Waals surface area (Å²) in [5, 5.41) is 5.63. The van der Waals surface area contributed by atoms with Gasteiger partial charge < -0.3 is 11.1 Å². The first kappa shape index (κ1) is 13.1. The van der Waals surface area contributed by atoms with Crippen LogP contribution in [-0.2, 0) is 11.2 Å². The number of hydrogen-bond donors (Lipinski definition) is 2. The molecule has 0 unspecified atom stereocenters. The molecule has 0 saturated carbocycles. The molecule has 4 nitrogen and oxygen atoms in total. The fourth-order valence-electron chi connectivity index (χ4n) is 1.37. The van der Waals surface area contributed by atoms with Crippen molar-refractivity contribution in [2.24, 2.45) is 0 Å². The zero-order valence-corrected chi connectivity index (χ0v) is 11.4. The second-order valence-electron chi connectivity index (χ2n) is 3.50. The number of carbonyl (C=O) groups excluding carboxylic acids is 1. The van der Waals surface area contributed by atoms with Gasteiger partial charge >= 0.3 is 0 Å². The highest BCUT2D eigenvalue weighted by atomic mass is 35.5. The Kier molecular flexibility index (Phi) is 4.06. The Bertz CT molecular complexity index is 565. The van der Waals surface area contributed by atoms with Crippen LogP contribution in [0.1, 0.15) is 5.69 Å². The molecule has 0 spiro atoms. The molecule has 1 aromatic heterocycles. The van der Waals surface area contributed by atoms with Crippen molar-refractivity contribution in [3.05, 3.63) is 39.3 Å². The van der Waals surface area contributed by atoms with Crippen molar-refractivity contribution in [1.82, 2.24) is 4.98 Å². The van der Waals surface area contributed by atoms with Crippen LogP contribution in [0.3, 0.4) is 0 Å². The number of anilines is 2. The Labute approximate surface area is 118 Å². The van der Waals surface area contributed by atoms with E-state index in [9.17, 15) is 4.79 Å². The van der Waals surface area contributed by atoms with Gasteiger partial charge in [-0.15, -0.1) is 11.3 Å². The number of halogens is 2. The normalized spacial score (nSPS) is 10.3.